The third-order valence-corrected chi connectivity index (χ3v) is 3.71. The van der Waals surface area contributed by atoms with Crippen molar-refractivity contribution in [3.63, 3.8) is 0 Å². The first kappa shape index (κ1) is 16.8. The summed E-state index contributed by atoms with van der Waals surface area (Å²) >= 11 is 0. The van der Waals surface area contributed by atoms with Crippen molar-refractivity contribution in [3.05, 3.63) is 29.3 Å². The van der Waals surface area contributed by atoms with Crippen LogP contribution in [0.1, 0.15) is 56.0 Å². The van der Waals surface area contributed by atoms with Crippen molar-refractivity contribution in [2.24, 2.45) is 0 Å². The molecule has 1 aromatic rings. The lowest BCUT2D eigenvalue weighted by molar-refractivity contribution is 0.0950. The molecule has 2 rings (SSSR count). The molecule has 0 radical (unpaired) electrons. The Morgan fingerprint density at radius 2 is 2.00 bits per heavy atom. The summed E-state index contributed by atoms with van der Waals surface area (Å²) < 4.78 is 11.0. The Morgan fingerprint density at radius 1 is 1.27 bits per heavy atom. The second kappa shape index (κ2) is 7.14. The minimum atomic E-state index is -0.0257. The van der Waals surface area contributed by atoms with Gasteiger partial charge >= 0.3 is 0 Å². The fraction of sp³-hybridized carbons (Fsp3) is 0.611. The lowest BCUT2D eigenvalue weighted by Crippen LogP contribution is -2.25. The number of benzene rings is 1. The van der Waals surface area contributed by atoms with Gasteiger partial charge in [-0.2, -0.15) is 0 Å². The Bertz CT molecular complexity index is 516. The van der Waals surface area contributed by atoms with Crippen molar-refractivity contribution >= 4 is 5.91 Å². The molecule has 122 valence electrons. The van der Waals surface area contributed by atoms with E-state index in [1.807, 2.05) is 18.2 Å². The van der Waals surface area contributed by atoms with Gasteiger partial charge in [0.2, 0.25) is 0 Å². The van der Waals surface area contributed by atoms with Crippen molar-refractivity contribution in [1.82, 2.24) is 5.32 Å². The Balaban J connectivity index is 2.14. The molecule has 1 amide bonds. The molecule has 1 aromatic carbocycles. The van der Waals surface area contributed by atoms with Gasteiger partial charge < -0.3 is 14.8 Å². The summed E-state index contributed by atoms with van der Waals surface area (Å²) in [6.07, 6.45) is 3.01. The van der Waals surface area contributed by atoms with E-state index < -0.39 is 0 Å². The third-order valence-electron chi connectivity index (χ3n) is 3.71. The van der Waals surface area contributed by atoms with Crippen molar-refractivity contribution in [3.8, 4) is 5.75 Å². The Hall–Kier alpha value is -1.55. The first-order valence-electron chi connectivity index (χ1n) is 7.99. The number of carbonyl (C=O) groups excluding carboxylic acids is 1. The number of nitrogens with one attached hydrogen (secondary N) is 1. The lowest BCUT2D eigenvalue weighted by Gasteiger charge is -2.23. The molecule has 0 bridgehead atoms. The zero-order valence-corrected chi connectivity index (χ0v) is 14.1. The summed E-state index contributed by atoms with van der Waals surface area (Å²) in [5.41, 5.74) is 1.76. The first-order chi connectivity index (χ1) is 10.4. The van der Waals surface area contributed by atoms with E-state index in [2.05, 4.69) is 26.1 Å². The van der Waals surface area contributed by atoms with Crippen LogP contribution in [0.4, 0.5) is 0 Å². The maximum atomic E-state index is 12.2. The summed E-state index contributed by atoms with van der Waals surface area (Å²) in [7, 11) is 1.68. The van der Waals surface area contributed by atoms with Crippen molar-refractivity contribution in [2.75, 3.05) is 20.3 Å². The average Bonchev–Trinajstić information content (AvgIpc) is 3.26. The van der Waals surface area contributed by atoms with E-state index in [0.29, 0.717) is 24.8 Å². The lowest BCUT2D eigenvalue weighted by atomic mass is 9.85. The van der Waals surface area contributed by atoms with Gasteiger partial charge in [-0.15, -0.1) is 0 Å². The predicted molar refractivity (Wildman–Crippen MR) is 87.6 cm³/mol. The predicted octanol–water partition coefficient (Wildman–Crippen LogP) is 3.29. The van der Waals surface area contributed by atoms with Gasteiger partial charge in [-0.25, -0.2) is 0 Å². The van der Waals surface area contributed by atoms with Crippen LogP contribution < -0.4 is 10.1 Å². The van der Waals surface area contributed by atoms with Crippen LogP contribution in [0.3, 0.4) is 0 Å². The first-order valence-corrected chi connectivity index (χ1v) is 7.99. The SMILES string of the molecule is COCCCOc1cc(C(=O)NC2CC2)ccc1C(C)(C)C. The highest BCUT2D eigenvalue weighted by Gasteiger charge is 2.25. The average molecular weight is 305 g/mol. The van der Waals surface area contributed by atoms with Crippen LogP contribution in [-0.4, -0.2) is 32.3 Å². The van der Waals surface area contributed by atoms with Crippen LogP contribution in [0.2, 0.25) is 0 Å². The summed E-state index contributed by atoms with van der Waals surface area (Å²) in [4.78, 5) is 12.2. The molecule has 0 saturated heterocycles. The molecule has 0 aromatic heterocycles. The van der Waals surface area contributed by atoms with E-state index in [1.54, 1.807) is 7.11 Å². The van der Waals surface area contributed by atoms with Gasteiger partial charge in [0, 0.05) is 31.7 Å². The summed E-state index contributed by atoms with van der Waals surface area (Å²) in [6.45, 7) is 7.70. The fourth-order valence-electron chi connectivity index (χ4n) is 2.28. The normalized spacial score (nSPS) is 14.7. The van der Waals surface area contributed by atoms with Crippen LogP contribution in [0.25, 0.3) is 0 Å². The van der Waals surface area contributed by atoms with Crippen LogP contribution in [-0.2, 0) is 10.2 Å². The number of carbonyl (C=O) groups is 1. The van der Waals surface area contributed by atoms with Gasteiger partial charge in [0.1, 0.15) is 5.75 Å². The van der Waals surface area contributed by atoms with E-state index in [-0.39, 0.29) is 11.3 Å². The molecule has 0 aliphatic heterocycles. The molecule has 0 atom stereocenters. The number of rotatable bonds is 7. The van der Waals surface area contributed by atoms with E-state index in [1.165, 1.54) is 0 Å². The van der Waals surface area contributed by atoms with Gasteiger partial charge in [0.25, 0.3) is 5.91 Å². The molecule has 1 aliphatic carbocycles. The largest absolute Gasteiger partial charge is 0.493 e. The topological polar surface area (TPSA) is 47.6 Å². The highest BCUT2D eigenvalue weighted by atomic mass is 16.5. The van der Waals surface area contributed by atoms with Crippen LogP contribution >= 0.6 is 0 Å². The second-order valence-electron chi connectivity index (χ2n) is 6.90. The monoisotopic (exact) mass is 305 g/mol. The fourth-order valence-corrected chi connectivity index (χ4v) is 2.28. The summed E-state index contributed by atoms with van der Waals surface area (Å²) in [5, 5.41) is 3.02. The number of hydrogen-bond acceptors (Lipinski definition) is 3. The maximum absolute atomic E-state index is 12.2. The number of hydrogen-bond donors (Lipinski definition) is 1. The zero-order valence-electron chi connectivity index (χ0n) is 14.1. The Labute approximate surface area is 133 Å². The number of ether oxygens (including phenoxy) is 2. The molecule has 1 aliphatic rings. The van der Waals surface area contributed by atoms with Crippen molar-refractivity contribution in [1.29, 1.82) is 0 Å². The van der Waals surface area contributed by atoms with E-state index >= 15 is 0 Å². The quantitative estimate of drug-likeness (QED) is 0.786. The van der Waals surface area contributed by atoms with E-state index in [0.717, 1.165) is 30.6 Å². The summed E-state index contributed by atoms with van der Waals surface area (Å²) in [6, 6.07) is 6.12. The maximum Gasteiger partial charge on any atom is 0.251 e. The van der Waals surface area contributed by atoms with Gasteiger partial charge in [-0.05, 0) is 36.0 Å². The smallest absolute Gasteiger partial charge is 0.251 e. The molecule has 1 N–H and O–H groups in total. The van der Waals surface area contributed by atoms with Crippen molar-refractivity contribution in [2.45, 2.75) is 51.5 Å². The molecular formula is C18H27NO3. The van der Waals surface area contributed by atoms with Gasteiger partial charge in [-0.3, -0.25) is 4.79 Å². The van der Waals surface area contributed by atoms with Crippen LogP contribution in [0.5, 0.6) is 5.75 Å². The van der Waals surface area contributed by atoms with E-state index in [4.69, 9.17) is 9.47 Å². The minimum absolute atomic E-state index is 0.00954. The molecule has 0 unspecified atom stereocenters. The number of amides is 1. The number of methoxy groups -OCH3 is 1. The molecule has 1 saturated carbocycles. The van der Waals surface area contributed by atoms with Crippen molar-refractivity contribution < 1.29 is 14.3 Å². The third kappa shape index (κ3) is 4.73. The van der Waals surface area contributed by atoms with Crippen LogP contribution in [0.15, 0.2) is 18.2 Å². The van der Waals surface area contributed by atoms with Gasteiger partial charge in [0.15, 0.2) is 0 Å². The zero-order chi connectivity index (χ0) is 16.2. The Kier molecular flexibility index (Phi) is 5.46. The van der Waals surface area contributed by atoms with Gasteiger partial charge in [-0.1, -0.05) is 26.8 Å². The molecule has 1 fully saturated rings. The van der Waals surface area contributed by atoms with Gasteiger partial charge in [0.05, 0.1) is 6.61 Å². The van der Waals surface area contributed by atoms with E-state index in [9.17, 15) is 4.79 Å². The van der Waals surface area contributed by atoms with Crippen LogP contribution in [0, 0.1) is 0 Å². The molecule has 22 heavy (non-hydrogen) atoms. The highest BCUT2D eigenvalue weighted by molar-refractivity contribution is 5.95. The summed E-state index contributed by atoms with van der Waals surface area (Å²) in [5.74, 6) is 0.789. The Morgan fingerprint density at radius 3 is 2.59 bits per heavy atom. The molecule has 0 heterocycles. The molecule has 4 nitrogen and oxygen atoms in total. The molecule has 4 heteroatoms. The highest BCUT2D eigenvalue weighted by Crippen LogP contribution is 2.32. The molecular weight excluding hydrogens is 278 g/mol. The molecule has 0 spiro atoms. The second-order valence-corrected chi connectivity index (χ2v) is 6.90. The minimum Gasteiger partial charge on any atom is -0.493 e. The standard InChI is InChI=1S/C18H27NO3/c1-18(2,3)15-9-6-13(17(20)19-14-7-8-14)12-16(15)22-11-5-10-21-4/h6,9,12,14H,5,7-8,10-11H2,1-4H3,(H,19,20).